The standard InChI is InChI=1S/C34H41N3O5S/c1-21-5-4-6-28(30-20-43-33(35-30)37-10-8-34(32(38)39)14-25(34)15-37)31(21)42-18-24-13-22(2)29-17-36(9-7-27(29)23(24)3)16-26-19-40-11-12-41-26/h4-6,13,20,25-26H,7-12,14-19H2,1-3H3,(H,38,39)/t25-,26?,34+/m0/s1. The van der Waals surface area contributed by atoms with E-state index in [-0.39, 0.29) is 12.0 Å². The van der Waals surface area contributed by atoms with Crippen LogP contribution < -0.4 is 9.64 Å². The van der Waals surface area contributed by atoms with Gasteiger partial charge in [-0.05, 0) is 85.4 Å². The van der Waals surface area contributed by atoms with Gasteiger partial charge in [0.2, 0.25) is 0 Å². The van der Waals surface area contributed by atoms with Crippen molar-refractivity contribution in [3.8, 4) is 17.0 Å². The molecule has 2 saturated heterocycles. The third-order valence-electron chi connectivity index (χ3n) is 10.1. The molecule has 1 N–H and O–H groups in total. The lowest BCUT2D eigenvalue weighted by Gasteiger charge is -2.35. The summed E-state index contributed by atoms with van der Waals surface area (Å²) in [5.41, 5.74) is 9.33. The Morgan fingerprint density at radius 2 is 2.07 bits per heavy atom. The molecule has 1 saturated carbocycles. The zero-order valence-corrected chi connectivity index (χ0v) is 26.2. The molecule has 3 atom stereocenters. The van der Waals surface area contributed by atoms with Gasteiger partial charge in [-0.25, -0.2) is 4.98 Å². The summed E-state index contributed by atoms with van der Waals surface area (Å²) in [5.74, 6) is 0.474. The molecule has 9 heteroatoms. The van der Waals surface area contributed by atoms with Crippen LogP contribution in [0.25, 0.3) is 11.3 Å². The molecule has 0 radical (unpaired) electrons. The molecule has 2 aromatic carbocycles. The molecule has 3 aromatic rings. The quantitative estimate of drug-likeness (QED) is 0.367. The Kier molecular flexibility index (Phi) is 7.70. The van der Waals surface area contributed by atoms with Crippen LogP contribution in [-0.4, -0.2) is 73.1 Å². The summed E-state index contributed by atoms with van der Waals surface area (Å²) in [7, 11) is 0. The number of aliphatic carboxylic acids is 1. The number of nitrogens with zero attached hydrogens (tertiary/aromatic N) is 3. The van der Waals surface area contributed by atoms with Crippen LogP contribution in [0, 0.1) is 32.1 Å². The summed E-state index contributed by atoms with van der Waals surface area (Å²) in [6.45, 7) is 13.6. The van der Waals surface area contributed by atoms with Crippen LogP contribution >= 0.6 is 11.3 Å². The first kappa shape index (κ1) is 28.8. The fraction of sp³-hybridized carbons (Fsp3) is 0.529. The van der Waals surface area contributed by atoms with E-state index in [2.05, 4.69) is 60.2 Å². The Morgan fingerprint density at radius 3 is 2.86 bits per heavy atom. The van der Waals surface area contributed by atoms with Gasteiger partial charge in [0, 0.05) is 43.7 Å². The van der Waals surface area contributed by atoms with Gasteiger partial charge in [-0.3, -0.25) is 9.69 Å². The monoisotopic (exact) mass is 603 g/mol. The molecule has 0 bridgehead atoms. The number of piperidine rings is 1. The van der Waals surface area contributed by atoms with Crippen molar-refractivity contribution in [2.45, 2.75) is 59.3 Å². The van der Waals surface area contributed by atoms with Gasteiger partial charge in [-0.1, -0.05) is 18.2 Å². The summed E-state index contributed by atoms with van der Waals surface area (Å²) in [4.78, 5) is 21.5. The van der Waals surface area contributed by atoms with E-state index in [9.17, 15) is 9.90 Å². The minimum absolute atomic E-state index is 0.163. The number of hydrogen-bond acceptors (Lipinski definition) is 8. The van der Waals surface area contributed by atoms with Crippen LogP contribution in [0.2, 0.25) is 0 Å². The first-order valence-corrected chi connectivity index (χ1v) is 16.4. The average molecular weight is 604 g/mol. The number of ether oxygens (including phenoxy) is 3. The van der Waals surface area contributed by atoms with Crippen molar-refractivity contribution in [2.24, 2.45) is 11.3 Å². The second-order valence-electron chi connectivity index (χ2n) is 12.8. The van der Waals surface area contributed by atoms with Crippen LogP contribution in [0.4, 0.5) is 5.13 Å². The number of aromatic nitrogens is 1. The molecule has 1 unspecified atom stereocenters. The summed E-state index contributed by atoms with van der Waals surface area (Å²) in [5, 5.41) is 12.7. The van der Waals surface area contributed by atoms with E-state index in [1.165, 1.54) is 27.8 Å². The third kappa shape index (κ3) is 5.45. The number of carboxylic acids is 1. The van der Waals surface area contributed by atoms with Crippen molar-refractivity contribution < 1.29 is 24.1 Å². The molecule has 3 fully saturated rings. The van der Waals surface area contributed by atoms with Crippen molar-refractivity contribution in [1.82, 2.24) is 9.88 Å². The topological polar surface area (TPSA) is 84.4 Å². The number of aryl methyl sites for hydroxylation is 2. The van der Waals surface area contributed by atoms with Gasteiger partial charge in [0.15, 0.2) is 5.13 Å². The van der Waals surface area contributed by atoms with Crippen LogP contribution in [-0.2, 0) is 33.8 Å². The molecule has 0 amide bonds. The maximum absolute atomic E-state index is 11.7. The Morgan fingerprint density at radius 1 is 1.19 bits per heavy atom. The van der Waals surface area contributed by atoms with Crippen LogP contribution in [0.1, 0.15) is 46.2 Å². The van der Waals surface area contributed by atoms with Crippen molar-refractivity contribution >= 4 is 22.4 Å². The van der Waals surface area contributed by atoms with Gasteiger partial charge >= 0.3 is 5.97 Å². The summed E-state index contributed by atoms with van der Waals surface area (Å²) < 4.78 is 18.1. The maximum Gasteiger partial charge on any atom is 0.310 e. The highest BCUT2D eigenvalue weighted by Crippen LogP contribution is 2.58. The van der Waals surface area contributed by atoms with Gasteiger partial charge in [-0.15, -0.1) is 11.3 Å². The van der Waals surface area contributed by atoms with E-state index in [1.807, 2.05) is 0 Å². The first-order valence-electron chi connectivity index (χ1n) is 15.5. The van der Waals surface area contributed by atoms with Crippen molar-refractivity contribution in [3.05, 3.63) is 63.0 Å². The number of hydrogen-bond donors (Lipinski definition) is 1. The van der Waals surface area contributed by atoms with Gasteiger partial charge in [0.25, 0.3) is 0 Å². The van der Waals surface area contributed by atoms with E-state index < -0.39 is 11.4 Å². The second kappa shape index (κ2) is 11.5. The van der Waals surface area contributed by atoms with Gasteiger partial charge < -0.3 is 24.2 Å². The fourth-order valence-electron chi connectivity index (χ4n) is 7.37. The van der Waals surface area contributed by atoms with E-state index in [4.69, 9.17) is 19.2 Å². The SMILES string of the molecule is Cc1cc(COc2c(C)cccc2-c2csc(N3CC[C@@]4(C(=O)O)C[C@H]4C3)n2)c(C)c2c1CN(CC1COCCO1)CC2. The van der Waals surface area contributed by atoms with Crippen molar-refractivity contribution in [1.29, 1.82) is 0 Å². The van der Waals surface area contributed by atoms with E-state index in [0.29, 0.717) is 32.8 Å². The molecule has 1 aliphatic carbocycles. The molecule has 43 heavy (non-hydrogen) atoms. The highest BCUT2D eigenvalue weighted by atomic mass is 32.1. The second-order valence-corrected chi connectivity index (χ2v) is 13.6. The van der Waals surface area contributed by atoms with Crippen molar-refractivity contribution in [3.63, 3.8) is 0 Å². The Hall–Kier alpha value is -2.98. The fourth-order valence-corrected chi connectivity index (χ4v) is 8.23. The molecule has 0 spiro atoms. The first-order chi connectivity index (χ1) is 20.8. The number of fused-ring (bicyclic) bond motifs is 2. The number of rotatable bonds is 8. The van der Waals surface area contributed by atoms with E-state index in [0.717, 1.165) is 73.3 Å². The lowest BCUT2D eigenvalue weighted by Crippen LogP contribution is -2.42. The molecule has 4 heterocycles. The predicted molar refractivity (Wildman–Crippen MR) is 167 cm³/mol. The zero-order chi connectivity index (χ0) is 29.7. The van der Waals surface area contributed by atoms with Gasteiger partial charge in [0.1, 0.15) is 12.4 Å². The minimum atomic E-state index is -0.634. The Labute approximate surface area is 257 Å². The smallest absolute Gasteiger partial charge is 0.310 e. The van der Waals surface area contributed by atoms with Gasteiger partial charge in [0.05, 0.1) is 37.0 Å². The molecule has 8 nitrogen and oxygen atoms in total. The number of para-hydroxylation sites is 1. The molecule has 7 rings (SSSR count). The summed E-state index contributed by atoms with van der Waals surface area (Å²) >= 11 is 1.63. The van der Waals surface area contributed by atoms with Crippen LogP contribution in [0.5, 0.6) is 5.75 Å². The Balaban J connectivity index is 1.05. The number of benzene rings is 2. The number of carbonyl (C=O) groups is 1. The molecule has 228 valence electrons. The normalized spacial score (nSPS) is 25.2. The molecular formula is C34H41N3O5S. The van der Waals surface area contributed by atoms with Gasteiger partial charge in [-0.2, -0.15) is 0 Å². The average Bonchev–Trinajstić information content (AvgIpc) is 3.57. The van der Waals surface area contributed by atoms with Crippen molar-refractivity contribution in [2.75, 3.05) is 50.9 Å². The molecule has 4 aliphatic rings. The summed E-state index contributed by atoms with van der Waals surface area (Å²) in [6, 6.07) is 8.56. The third-order valence-corrected chi connectivity index (χ3v) is 11.0. The van der Waals surface area contributed by atoms with Crippen LogP contribution in [0.3, 0.4) is 0 Å². The van der Waals surface area contributed by atoms with E-state index in [1.54, 1.807) is 11.3 Å². The zero-order valence-electron chi connectivity index (χ0n) is 25.4. The maximum atomic E-state index is 11.7. The van der Waals surface area contributed by atoms with E-state index >= 15 is 0 Å². The van der Waals surface area contributed by atoms with Crippen LogP contribution in [0.15, 0.2) is 29.6 Å². The predicted octanol–water partition coefficient (Wildman–Crippen LogP) is 5.39. The summed E-state index contributed by atoms with van der Waals surface area (Å²) in [6.07, 6.45) is 2.68. The number of thiazole rings is 1. The Bertz CT molecular complexity index is 1530. The molecular weight excluding hydrogens is 562 g/mol. The lowest BCUT2D eigenvalue weighted by molar-refractivity contribution is -0.144. The number of carboxylic acid groups (broad SMARTS) is 1. The highest BCUT2D eigenvalue weighted by Gasteiger charge is 2.62. The molecule has 3 aliphatic heterocycles. The highest BCUT2D eigenvalue weighted by molar-refractivity contribution is 7.14. The minimum Gasteiger partial charge on any atom is -0.488 e. The lowest BCUT2D eigenvalue weighted by atomic mass is 9.88. The molecule has 1 aromatic heterocycles. The largest absolute Gasteiger partial charge is 0.488 e. The number of anilines is 1.